The van der Waals surface area contributed by atoms with Crippen molar-refractivity contribution in [1.82, 2.24) is 9.80 Å². The minimum absolute atomic E-state index is 0.0509. The number of aliphatic hydroxyl groups is 1. The smallest absolute Gasteiger partial charge is 0.353 e. The number of hydrogen-bond donors (Lipinski definition) is 2. The Morgan fingerprint density at radius 1 is 1.27 bits per heavy atom. The predicted molar refractivity (Wildman–Crippen MR) is 97.0 cm³/mol. The third-order valence-electron chi connectivity index (χ3n) is 5.38. The van der Waals surface area contributed by atoms with Gasteiger partial charge in [0.15, 0.2) is 0 Å². The van der Waals surface area contributed by atoms with E-state index in [4.69, 9.17) is 0 Å². The molecule has 0 aromatic carbocycles. The van der Waals surface area contributed by atoms with Crippen molar-refractivity contribution in [2.24, 2.45) is 17.3 Å². The molecule has 0 aromatic rings. The van der Waals surface area contributed by atoms with Crippen LogP contribution in [0.3, 0.4) is 0 Å². The van der Waals surface area contributed by atoms with E-state index in [9.17, 15) is 24.6 Å². The fraction of sp³-hybridized carbons (Fsp3) is 0.722. The number of rotatable bonds is 4. The molecule has 3 aliphatic heterocycles. The number of amides is 2. The van der Waals surface area contributed by atoms with Crippen LogP contribution in [0.1, 0.15) is 34.6 Å². The number of nitrogens with zero attached hydrogens (tertiary/aromatic N) is 2. The van der Waals surface area contributed by atoms with Gasteiger partial charge in [0.2, 0.25) is 11.8 Å². The number of aliphatic hydroxyl groups excluding tert-OH is 1. The third kappa shape index (κ3) is 2.83. The van der Waals surface area contributed by atoms with E-state index in [0.29, 0.717) is 18.0 Å². The Hall–Kier alpha value is -1.54. The molecule has 2 fully saturated rings. The topological polar surface area (TPSA) is 98.2 Å². The van der Waals surface area contributed by atoms with E-state index in [1.807, 2.05) is 27.7 Å². The summed E-state index contributed by atoms with van der Waals surface area (Å²) in [6.45, 7) is 10.3. The Kier molecular flexibility index (Phi) is 4.63. The van der Waals surface area contributed by atoms with Crippen LogP contribution in [0.2, 0.25) is 0 Å². The number of thioether (sulfide) groups is 1. The Bertz CT molecular complexity index is 690. The van der Waals surface area contributed by atoms with Crippen LogP contribution in [-0.4, -0.2) is 68.3 Å². The van der Waals surface area contributed by atoms with Crippen molar-refractivity contribution < 1.29 is 24.6 Å². The number of likely N-dealkylation sites (tertiary alicyclic amines) is 1. The molecule has 0 radical (unpaired) electrons. The van der Waals surface area contributed by atoms with Crippen LogP contribution in [-0.2, 0) is 14.4 Å². The number of β-lactam (4-membered cyclic amide) rings is 1. The molecule has 0 saturated carbocycles. The van der Waals surface area contributed by atoms with Crippen LogP contribution in [0.15, 0.2) is 10.6 Å². The molecule has 0 aliphatic carbocycles. The van der Waals surface area contributed by atoms with Crippen molar-refractivity contribution in [3.05, 3.63) is 10.6 Å². The van der Waals surface area contributed by atoms with Crippen molar-refractivity contribution in [3.63, 3.8) is 0 Å². The first-order valence-electron chi connectivity index (χ1n) is 8.89. The summed E-state index contributed by atoms with van der Waals surface area (Å²) in [6.07, 6.45) is -0.797. The lowest BCUT2D eigenvalue weighted by molar-refractivity contribution is -0.163. The molecule has 3 unspecified atom stereocenters. The lowest BCUT2D eigenvalue weighted by Crippen LogP contribution is -2.63. The highest BCUT2D eigenvalue weighted by atomic mass is 32.2. The molecule has 2 N–H and O–H groups in total. The van der Waals surface area contributed by atoms with Crippen LogP contribution in [0, 0.1) is 17.3 Å². The summed E-state index contributed by atoms with van der Waals surface area (Å²) in [4.78, 5) is 40.2. The minimum Gasteiger partial charge on any atom is -0.477 e. The Morgan fingerprint density at radius 3 is 2.31 bits per heavy atom. The summed E-state index contributed by atoms with van der Waals surface area (Å²) < 4.78 is 0. The lowest BCUT2D eigenvalue weighted by atomic mass is 9.79. The zero-order valence-corrected chi connectivity index (χ0v) is 16.5. The number of fused-ring (bicyclic) bond motifs is 1. The maximum atomic E-state index is 12.3. The van der Waals surface area contributed by atoms with Gasteiger partial charge in [-0.3, -0.25) is 9.59 Å². The number of hydrogen-bond acceptors (Lipinski definition) is 5. The molecular weight excluding hydrogens is 356 g/mol. The minimum atomic E-state index is -1.11. The van der Waals surface area contributed by atoms with Crippen LogP contribution in [0.4, 0.5) is 0 Å². The highest BCUT2D eigenvalue weighted by Gasteiger charge is 2.60. The van der Waals surface area contributed by atoms with Gasteiger partial charge in [0.05, 0.1) is 18.1 Å². The summed E-state index contributed by atoms with van der Waals surface area (Å²) in [7, 11) is 0. The molecule has 7 nitrogen and oxygen atoms in total. The Morgan fingerprint density at radius 2 is 1.85 bits per heavy atom. The lowest BCUT2D eigenvalue weighted by Gasteiger charge is -2.46. The third-order valence-corrected chi connectivity index (χ3v) is 6.83. The molecule has 0 bridgehead atoms. The highest BCUT2D eigenvalue weighted by Crippen LogP contribution is 2.52. The molecule has 3 heterocycles. The van der Waals surface area contributed by atoms with Gasteiger partial charge in [0, 0.05) is 34.6 Å². The molecule has 2 amide bonds. The van der Waals surface area contributed by atoms with E-state index in [1.165, 1.54) is 16.7 Å². The van der Waals surface area contributed by atoms with Crippen molar-refractivity contribution in [2.45, 2.75) is 52.0 Å². The second-order valence-electron chi connectivity index (χ2n) is 8.47. The maximum absolute atomic E-state index is 12.3. The molecule has 0 aromatic heterocycles. The number of carbonyl (C=O) groups excluding carboxylic acids is 2. The fourth-order valence-corrected chi connectivity index (χ4v) is 5.53. The maximum Gasteiger partial charge on any atom is 0.353 e. The van der Waals surface area contributed by atoms with Gasteiger partial charge < -0.3 is 20.0 Å². The zero-order chi connectivity index (χ0) is 19.5. The normalized spacial score (nSPS) is 30.1. The van der Waals surface area contributed by atoms with E-state index in [0.717, 1.165) is 0 Å². The van der Waals surface area contributed by atoms with E-state index in [1.54, 1.807) is 11.8 Å². The molecule has 8 heteroatoms. The summed E-state index contributed by atoms with van der Waals surface area (Å²) >= 11 is 1.46. The molecule has 26 heavy (non-hydrogen) atoms. The number of carboxylic acid groups (broad SMARTS) is 1. The first-order chi connectivity index (χ1) is 11.9. The van der Waals surface area contributed by atoms with E-state index < -0.39 is 23.4 Å². The zero-order valence-electron chi connectivity index (χ0n) is 15.7. The van der Waals surface area contributed by atoms with Gasteiger partial charge in [0.1, 0.15) is 5.70 Å². The largest absolute Gasteiger partial charge is 0.477 e. The Labute approximate surface area is 157 Å². The van der Waals surface area contributed by atoms with E-state index >= 15 is 0 Å². The van der Waals surface area contributed by atoms with Gasteiger partial charge in [-0.25, -0.2) is 4.79 Å². The summed E-state index contributed by atoms with van der Waals surface area (Å²) in [5, 5.41) is 19.6. The molecule has 2 saturated heterocycles. The molecule has 4 atom stereocenters. The average Bonchev–Trinajstić information content (AvgIpc) is 2.70. The quantitative estimate of drug-likeness (QED) is 0.708. The van der Waals surface area contributed by atoms with E-state index in [2.05, 4.69) is 0 Å². The van der Waals surface area contributed by atoms with Crippen LogP contribution in [0.5, 0.6) is 0 Å². The molecule has 3 aliphatic rings. The Balaban J connectivity index is 1.73. The van der Waals surface area contributed by atoms with Crippen molar-refractivity contribution in [3.8, 4) is 0 Å². The van der Waals surface area contributed by atoms with Gasteiger partial charge in [-0.2, -0.15) is 0 Å². The van der Waals surface area contributed by atoms with Gasteiger partial charge in [0.25, 0.3) is 0 Å². The van der Waals surface area contributed by atoms with Crippen molar-refractivity contribution in [2.75, 3.05) is 13.1 Å². The SMILES string of the molecule is CC1C(SC2CN(C(=O)C(C)(C)C)C2)=C(C(=O)O)N2C(=O)C([C@@H](C)O)C12. The van der Waals surface area contributed by atoms with Crippen molar-refractivity contribution in [1.29, 1.82) is 0 Å². The average molecular weight is 382 g/mol. The highest BCUT2D eigenvalue weighted by molar-refractivity contribution is 8.03. The van der Waals surface area contributed by atoms with Crippen LogP contribution in [0.25, 0.3) is 0 Å². The first-order valence-corrected chi connectivity index (χ1v) is 9.77. The number of carbonyl (C=O) groups is 3. The summed E-state index contributed by atoms with van der Waals surface area (Å²) in [5.41, 5.74) is -0.376. The van der Waals surface area contributed by atoms with E-state index in [-0.39, 0.29) is 34.7 Å². The molecule has 144 valence electrons. The van der Waals surface area contributed by atoms with Gasteiger partial charge in [-0.1, -0.05) is 27.7 Å². The summed E-state index contributed by atoms with van der Waals surface area (Å²) in [6, 6.07) is -0.288. The molecule has 0 spiro atoms. The van der Waals surface area contributed by atoms with Gasteiger partial charge in [-0.05, 0) is 6.92 Å². The summed E-state index contributed by atoms with van der Waals surface area (Å²) in [5.74, 6) is -2.01. The number of aliphatic carboxylic acids is 1. The standard InChI is InChI=1S/C18H26N2O5S/c1-8-12-11(9(2)21)15(22)20(12)13(16(23)24)14(8)26-10-6-19(7-10)17(25)18(3,4)5/h8-12,21H,6-7H2,1-5H3,(H,23,24)/t8?,9-,11?,12?/m1/s1. The second-order valence-corrected chi connectivity index (χ2v) is 9.81. The van der Waals surface area contributed by atoms with Crippen LogP contribution >= 0.6 is 11.8 Å². The second kappa shape index (κ2) is 6.27. The number of carboxylic acids is 1. The van der Waals surface area contributed by atoms with Gasteiger partial charge in [-0.15, -0.1) is 11.8 Å². The fourth-order valence-electron chi connectivity index (χ4n) is 4.01. The van der Waals surface area contributed by atoms with Crippen LogP contribution < -0.4 is 0 Å². The first kappa shape index (κ1) is 19.2. The van der Waals surface area contributed by atoms with Crippen molar-refractivity contribution >= 4 is 29.5 Å². The van der Waals surface area contributed by atoms with Gasteiger partial charge >= 0.3 is 5.97 Å². The molecular formula is C18H26N2O5S. The monoisotopic (exact) mass is 382 g/mol. The predicted octanol–water partition coefficient (Wildman–Crippen LogP) is 1.13. The molecule has 3 rings (SSSR count).